The van der Waals surface area contributed by atoms with Crippen molar-refractivity contribution in [2.24, 2.45) is 0 Å². The Bertz CT molecular complexity index is 1270. The van der Waals surface area contributed by atoms with E-state index in [-0.39, 0.29) is 11.8 Å². The number of carbonyl (C=O) groups excluding carboxylic acids is 2. The molecule has 3 aromatic heterocycles. The van der Waals surface area contributed by atoms with Crippen molar-refractivity contribution >= 4 is 28.7 Å². The second kappa shape index (κ2) is 6.79. The third kappa shape index (κ3) is 3.19. The van der Waals surface area contributed by atoms with Crippen molar-refractivity contribution in [2.45, 2.75) is 6.54 Å². The minimum absolute atomic E-state index is 0.0518. The van der Waals surface area contributed by atoms with E-state index in [9.17, 15) is 9.59 Å². The predicted molar refractivity (Wildman–Crippen MR) is 108 cm³/mol. The fourth-order valence-corrected chi connectivity index (χ4v) is 3.30. The lowest BCUT2D eigenvalue weighted by Crippen LogP contribution is -2.13. The second-order valence-electron chi connectivity index (χ2n) is 6.69. The van der Waals surface area contributed by atoms with E-state index in [2.05, 4.69) is 25.6 Å². The molecule has 0 saturated heterocycles. The number of rotatable bonds is 3. The Hall–Kier alpha value is -4.13. The van der Waals surface area contributed by atoms with E-state index < -0.39 is 0 Å². The topological polar surface area (TPSA) is 96.9 Å². The zero-order valence-electron chi connectivity index (χ0n) is 15.2. The highest BCUT2D eigenvalue weighted by atomic mass is 16.2. The van der Waals surface area contributed by atoms with Crippen LogP contribution in [0.2, 0.25) is 0 Å². The number of nitrogens with one attached hydrogen (secondary N) is 2. The average Bonchev–Trinajstić information content (AvgIpc) is 3.14. The normalized spacial score (nSPS) is 12.5. The van der Waals surface area contributed by atoms with Crippen LogP contribution in [0.25, 0.3) is 22.3 Å². The van der Waals surface area contributed by atoms with Crippen LogP contribution in [0.15, 0.2) is 67.0 Å². The number of aromatic nitrogens is 3. The number of hydrogen-bond donors (Lipinski definition) is 2. The van der Waals surface area contributed by atoms with Gasteiger partial charge in [-0.25, -0.2) is 9.97 Å². The fraction of sp³-hybridized carbons (Fsp3) is 0.0455. The van der Waals surface area contributed by atoms with Crippen molar-refractivity contribution in [3.63, 3.8) is 0 Å². The van der Waals surface area contributed by atoms with Crippen LogP contribution in [-0.2, 0) is 6.54 Å². The van der Waals surface area contributed by atoms with Gasteiger partial charge in [0.1, 0.15) is 5.82 Å². The van der Waals surface area contributed by atoms with E-state index in [1.165, 1.54) is 6.20 Å². The van der Waals surface area contributed by atoms with Gasteiger partial charge in [-0.3, -0.25) is 14.6 Å². The first kappa shape index (κ1) is 17.0. The molecule has 4 heterocycles. The molecule has 7 nitrogen and oxygen atoms in total. The number of benzene rings is 1. The number of nitrogens with zero attached hydrogens (tertiary/aromatic N) is 3. The van der Waals surface area contributed by atoms with Gasteiger partial charge in [0.25, 0.3) is 11.8 Å². The van der Waals surface area contributed by atoms with Gasteiger partial charge < -0.3 is 10.6 Å². The maximum Gasteiger partial charge on any atom is 0.258 e. The lowest BCUT2D eigenvalue weighted by Gasteiger charge is -2.07. The Morgan fingerprint density at radius 3 is 2.83 bits per heavy atom. The Morgan fingerprint density at radius 2 is 1.97 bits per heavy atom. The lowest BCUT2D eigenvalue weighted by atomic mass is 10.0. The van der Waals surface area contributed by atoms with Gasteiger partial charge in [-0.15, -0.1) is 0 Å². The molecule has 0 fully saturated rings. The molecule has 140 valence electrons. The summed E-state index contributed by atoms with van der Waals surface area (Å²) in [4.78, 5) is 37.2. The Morgan fingerprint density at radius 1 is 1.03 bits per heavy atom. The van der Waals surface area contributed by atoms with Gasteiger partial charge in [0, 0.05) is 35.5 Å². The summed E-state index contributed by atoms with van der Waals surface area (Å²) in [5.41, 5.74) is 4.28. The summed E-state index contributed by atoms with van der Waals surface area (Å²) in [6.07, 6.45) is 3.19. The first-order valence-electron chi connectivity index (χ1n) is 9.08. The molecule has 1 aromatic carbocycles. The zero-order valence-corrected chi connectivity index (χ0v) is 15.2. The van der Waals surface area contributed by atoms with E-state index >= 15 is 0 Å². The standard InChI is InChI=1S/C22H15N5O2/c28-21(27-19-8-5-13-2-1-9-23-20(13)26-19)15-4-7-18(24-11-15)14-3-6-17-16(10-14)12-25-22(17)29/h1-11H,12H2,(H,25,29)(H,23,26,27,28). The van der Waals surface area contributed by atoms with Crippen molar-refractivity contribution in [1.29, 1.82) is 0 Å². The summed E-state index contributed by atoms with van der Waals surface area (Å²) in [5.74, 6) is 0.0840. The molecule has 0 atom stereocenters. The largest absolute Gasteiger partial charge is 0.348 e. The maximum atomic E-state index is 12.5. The molecular formula is C22H15N5O2. The molecule has 0 saturated carbocycles. The van der Waals surface area contributed by atoms with Crippen LogP contribution in [-0.4, -0.2) is 26.8 Å². The number of amides is 2. The van der Waals surface area contributed by atoms with Crippen LogP contribution in [0.5, 0.6) is 0 Å². The van der Waals surface area contributed by atoms with Crippen molar-refractivity contribution in [3.8, 4) is 11.3 Å². The smallest absolute Gasteiger partial charge is 0.258 e. The third-order valence-corrected chi connectivity index (χ3v) is 4.82. The molecule has 7 heteroatoms. The van der Waals surface area contributed by atoms with E-state index in [4.69, 9.17) is 0 Å². The van der Waals surface area contributed by atoms with Crippen molar-refractivity contribution < 1.29 is 9.59 Å². The van der Waals surface area contributed by atoms with Crippen LogP contribution in [0, 0.1) is 0 Å². The molecule has 0 spiro atoms. The van der Waals surface area contributed by atoms with Gasteiger partial charge in [0.15, 0.2) is 5.65 Å². The highest BCUT2D eigenvalue weighted by molar-refractivity contribution is 6.04. The molecule has 0 bridgehead atoms. The monoisotopic (exact) mass is 381 g/mol. The van der Waals surface area contributed by atoms with E-state index in [1.807, 2.05) is 30.3 Å². The highest BCUT2D eigenvalue weighted by Gasteiger charge is 2.19. The molecule has 4 aromatic rings. The summed E-state index contributed by atoms with van der Waals surface area (Å²) >= 11 is 0. The van der Waals surface area contributed by atoms with Gasteiger partial charge in [-0.2, -0.15) is 0 Å². The zero-order chi connectivity index (χ0) is 19.8. The lowest BCUT2D eigenvalue weighted by molar-refractivity contribution is 0.0964. The molecule has 2 N–H and O–H groups in total. The average molecular weight is 381 g/mol. The fourth-order valence-electron chi connectivity index (χ4n) is 3.30. The summed E-state index contributed by atoms with van der Waals surface area (Å²) in [7, 11) is 0. The number of carbonyl (C=O) groups is 2. The van der Waals surface area contributed by atoms with E-state index in [0.717, 1.165) is 22.2 Å². The van der Waals surface area contributed by atoms with Gasteiger partial charge >= 0.3 is 0 Å². The molecule has 0 unspecified atom stereocenters. The van der Waals surface area contributed by atoms with Crippen molar-refractivity contribution in [2.75, 3.05) is 5.32 Å². The number of hydrogen-bond acceptors (Lipinski definition) is 5. The quantitative estimate of drug-likeness (QED) is 0.568. The van der Waals surface area contributed by atoms with Crippen LogP contribution < -0.4 is 10.6 Å². The minimum atomic E-state index is -0.296. The first-order valence-corrected chi connectivity index (χ1v) is 9.08. The molecule has 1 aliphatic heterocycles. The molecule has 0 aliphatic carbocycles. The molecule has 1 aliphatic rings. The Balaban J connectivity index is 1.35. The predicted octanol–water partition coefficient (Wildman–Crippen LogP) is 3.19. The van der Waals surface area contributed by atoms with E-state index in [0.29, 0.717) is 29.1 Å². The van der Waals surface area contributed by atoms with Gasteiger partial charge in [-0.1, -0.05) is 6.07 Å². The van der Waals surface area contributed by atoms with Gasteiger partial charge in [0.05, 0.1) is 11.3 Å². The molecule has 5 rings (SSSR count). The van der Waals surface area contributed by atoms with Crippen LogP contribution in [0.4, 0.5) is 5.82 Å². The van der Waals surface area contributed by atoms with Crippen molar-refractivity contribution in [3.05, 3.63) is 83.7 Å². The summed E-state index contributed by atoms with van der Waals surface area (Å²) in [6.45, 7) is 0.524. The number of fused-ring (bicyclic) bond motifs is 2. The van der Waals surface area contributed by atoms with Gasteiger partial charge in [-0.05, 0) is 54.1 Å². The van der Waals surface area contributed by atoms with Crippen LogP contribution in [0.3, 0.4) is 0 Å². The first-order chi connectivity index (χ1) is 14.2. The molecular weight excluding hydrogens is 366 g/mol. The second-order valence-corrected chi connectivity index (χ2v) is 6.69. The summed E-state index contributed by atoms with van der Waals surface area (Å²) < 4.78 is 0. The van der Waals surface area contributed by atoms with Crippen LogP contribution in [0.1, 0.15) is 26.3 Å². The van der Waals surface area contributed by atoms with E-state index in [1.54, 1.807) is 30.5 Å². The highest BCUT2D eigenvalue weighted by Crippen LogP contribution is 2.24. The van der Waals surface area contributed by atoms with Crippen molar-refractivity contribution in [1.82, 2.24) is 20.3 Å². The maximum absolute atomic E-state index is 12.5. The number of anilines is 1. The Kier molecular flexibility index (Phi) is 3.98. The molecule has 29 heavy (non-hydrogen) atoms. The number of pyridine rings is 3. The molecule has 2 amide bonds. The van der Waals surface area contributed by atoms with Gasteiger partial charge in [0.2, 0.25) is 0 Å². The third-order valence-electron chi connectivity index (χ3n) is 4.82. The summed E-state index contributed by atoms with van der Waals surface area (Å²) in [6, 6.07) is 16.5. The Labute approximate surface area is 165 Å². The molecule has 0 radical (unpaired) electrons. The van der Waals surface area contributed by atoms with Crippen LogP contribution >= 0.6 is 0 Å². The SMILES string of the molecule is O=C(Nc1ccc2cccnc2n1)c1ccc(-c2ccc3c(c2)CNC3=O)nc1. The summed E-state index contributed by atoms with van der Waals surface area (Å²) in [5, 5.41) is 6.48. The minimum Gasteiger partial charge on any atom is -0.348 e.